The molecule has 1 aromatic carbocycles. The monoisotopic (exact) mass is 234 g/mol. The molecule has 2 heteroatoms. The summed E-state index contributed by atoms with van der Waals surface area (Å²) in [5, 5.41) is 10.2. The van der Waals surface area contributed by atoms with E-state index in [2.05, 4.69) is 55.6 Å². The van der Waals surface area contributed by atoms with Crippen LogP contribution >= 0.6 is 0 Å². The molecule has 0 bridgehead atoms. The van der Waals surface area contributed by atoms with Gasteiger partial charge in [-0.2, -0.15) is 0 Å². The summed E-state index contributed by atoms with van der Waals surface area (Å²) in [5.41, 5.74) is 0. The molecule has 0 fully saturated rings. The molecule has 88 valence electrons. The van der Waals surface area contributed by atoms with Gasteiger partial charge >= 0.3 is 0 Å². The minimum atomic E-state index is -1.29. The molecule has 1 N–H and O–H groups in total. The minimum Gasteiger partial charge on any atom is -0.396 e. The molecule has 0 spiro atoms. The molecule has 0 heterocycles. The summed E-state index contributed by atoms with van der Waals surface area (Å²) in [6.45, 7) is 5.10. The highest BCUT2D eigenvalue weighted by molar-refractivity contribution is 6.90. The van der Waals surface area contributed by atoms with Crippen LogP contribution in [0.3, 0.4) is 0 Å². The van der Waals surface area contributed by atoms with Crippen LogP contribution in [-0.2, 0) is 0 Å². The maximum atomic E-state index is 8.68. The van der Waals surface area contributed by atoms with Crippen LogP contribution in [0.4, 0.5) is 0 Å². The molecular weight excluding hydrogens is 212 g/mol. The Morgan fingerprint density at radius 3 is 2.44 bits per heavy atom. The lowest BCUT2D eigenvalue weighted by Crippen LogP contribution is -2.40. The predicted octanol–water partition coefficient (Wildman–Crippen LogP) is 2.93. The zero-order valence-electron chi connectivity index (χ0n) is 10.3. The fourth-order valence-corrected chi connectivity index (χ4v) is 3.80. The van der Waals surface area contributed by atoms with E-state index in [4.69, 9.17) is 5.11 Å². The van der Waals surface area contributed by atoms with Crippen LogP contribution in [0.2, 0.25) is 19.1 Å². The van der Waals surface area contributed by atoms with Crippen LogP contribution in [0, 0.1) is 0 Å². The molecule has 0 aliphatic rings. The Bertz CT molecular complexity index is 317. The second-order valence-electron chi connectivity index (χ2n) is 4.79. The smallest absolute Gasteiger partial charge is 0.0843 e. The van der Waals surface area contributed by atoms with Gasteiger partial charge in [0.15, 0.2) is 0 Å². The van der Waals surface area contributed by atoms with E-state index in [9.17, 15) is 0 Å². The largest absolute Gasteiger partial charge is 0.396 e. The summed E-state index contributed by atoms with van der Waals surface area (Å²) in [4.78, 5) is 0. The number of hydrogen-bond acceptors (Lipinski definition) is 1. The first-order valence-corrected chi connectivity index (χ1v) is 9.19. The van der Waals surface area contributed by atoms with E-state index >= 15 is 0 Å². The molecule has 0 aliphatic carbocycles. The van der Waals surface area contributed by atoms with Crippen molar-refractivity contribution in [2.24, 2.45) is 0 Å². The van der Waals surface area contributed by atoms with Crippen molar-refractivity contribution < 1.29 is 5.11 Å². The molecule has 1 nitrogen and oxygen atoms in total. The molecule has 0 saturated heterocycles. The SMILES string of the molecule is C[Si](C)(C/C=C/CCCO)c1ccccc1. The molecule has 0 amide bonds. The second kappa shape index (κ2) is 6.66. The Hall–Kier alpha value is -0.863. The molecule has 1 aromatic rings. The number of rotatable bonds is 6. The minimum absolute atomic E-state index is 0.295. The summed E-state index contributed by atoms with van der Waals surface area (Å²) in [6, 6.07) is 12.0. The van der Waals surface area contributed by atoms with Crippen molar-refractivity contribution in [3.05, 3.63) is 42.5 Å². The summed E-state index contributed by atoms with van der Waals surface area (Å²) in [6.07, 6.45) is 6.36. The van der Waals surface area contributed by atoms with Crippen LogP contribution in [-0.4, -0.2) is 19.8 Å². The number of unbranched alkanes of at least 4 members (excludes halogenated alkanes) is 1. The summed E-state index contributed by atoms with van der Waals surface area (Å²) < 4.78 is 0. The van der Waals surface area contributed by atoms with Crippen LogP contribution in [0.15, 0.2) is 42.5 Å². The molecule has 0 saturated carbocycles. The molecule has 16 heavy (non-hydrogen) atoms. The Morgan fingerprint density at radius 1 is 1.12 bits per heavy atom. The lowest BCUT2D eigenvalue weighted by atomic mass is 10.3. The van der Waals surface area contributed by atoms with Gasteiger partial charge < -0.3 is 5.11 Å². The van der Waals surface area contributed by atoms with Gasteiger partial charge in [0.05, 0.1) is 8.07 Å². The van der Waals surface area contributed by atoms with E-state index in [1.54, 1.807) is 0 Å². The number of aliphatic hydroxyl groups is 1. The van der Waals surface area contributed by atoms with Gasteiger partial charge in [-0.05, 0) is 18.9 Å². The molecular formula is C14H22OSi. The summed E-state index contributed by atoms with van der Waals surface area (Å²) >= 11 is 0. The number of allylic oxidation sites excluding steroid dienone is 2. The molecule has 0 radical (unpaired) electrons. The lowest BCUT2D eigenvalue weighted by Gasteiger charge is -2.20. The zero-order valence-corrected chi connectivity index (χ0v) is 11.3. The van der Waals surface area contributed by atoms with Crippen molar-refractivity contribution in [3.8, 4) is 0 Å². The standard InChI is InChI=1S/C14H22OSi/c1-16(2,13-9-4-3-8-12-15)14-10-6-5-7-11-14/h4-7,9-11,15H,3,8,12-13H2,1-2H3/b9-4+. The molecule has 0 atom stereocenters. The maximum absolute atomic E-state index is 8.68. The van der Waals surface area contributed by atoms with Crippen molar-refractivity contribution in [3.63, 3.8) is 0 Å². The van der Waals surface area contributed by atoms with Gasteiger partial charge in [-0.3, -0.25) is 0 Å². The van der Waals surface area contributed by atoms with E-state index in [0.29, 0.717) is 6.61 Å². The number of hydrogen-bond donors (Lipinski definition) is 1. The van der Waals surface area contributed by atoms with Gasteiger partial charge in [0.25, 0.3) is 0 Å². The molecule has 1 rings (SSSR count). The van der Waals surface area contributed by atoms with Gasteiger partial charge in [0.1, 0.15) is 0 Å². The maximum Gasteiger partial charge on any atom is 0.0843 e. The van der Waals surface area contributed by atoms with E-state index in [-0.39, 0.29) is 0 Å². The Morgan fingerprint density at radius 2 is 1.81 bits per heavy atom. The van der Waals surface area contributed by atoms with E-state index in [1.165, 1.54) is 11.2 Å². The van der Waals surface area contributed by atoms with E-state index in [1.807, 2.05) is 0 Å². The topological polar surface area (TPSA) is 20.2 Å². The summed E-state index contributed by atoms with van der Waals surface area (Å²) in [7, 11) is -1.29. The van der Waals surface area contributed by atoms with Crippen molar-refractivity contribution in [1.82, 2.24) is 0 Å². The molecule has 0 aromatic heterocycles. The average Bonchev–Trinajstić information content (AvgIpc) is 2.30. The first-order chi connectivity index (χ1) is 7.67. The highest BCUT2D eigenvalue weighted by Gasteiger charge is 2.20. The average molecular weight is 234 g/mol. The van der Waals surface area contributed by atoms with Crippen LogP contribution in [0.5, 0.6) is 0 Å². The van der Waals surface area contributed by atoms with Gasteiger partial charge in [-0.1, -0.05) is 60.8 Å². The normalized spacial score (nSPS) is 12.2. The third-order valence-corrected chi connectivity index (χ3v) is 6.03. The highest BCUT2D eigenvalue weighted by atomic mass is 28.3. The third-order valence-electron chi connectivity index (χ3n) is 2.88. The fourth-order valence-electron chi connectivity index (χ4n) is 1.71. The number of benzene rings is 1. The van der Waals surface area contributed by atoms with Gasteiger partial charge in [-0.15, -0.1) is 0 Å². The quantitative estimate of drug-likeness (QED) is 0.456. The van der Waals surface area contributed by atoms with Crippen LogP contribution < -0.4 is 5.19 Å². The third kappa shape index (κ3) is 4.33. The van der Waals surface area contributed by atoms with Crippen molar-refractivity contribution in [2.45, 2.75) is 32.0 Å². The van der Waals surface area contributed by atoms with E-state index in [0.717, 1.165) is 12.8 Å². The predicted molar refractivity (Wildman–Crippen MR) is 73.8 cm³/mol. The van der Waals surface area contributed by atoms with Crippen molar-refractivity contribution >= 4 is 13.3 Å². The lowest BCUT2D eigenvalue weighted by molar-refractivity contribution is 0.289. The van der Waals surface area contributed by atoms with Crippen LogP contribution in [0.1, 0.15) is 12.8 Å². The second-order valence-corrected chi connectivity index (χ2v) is 9.54. The zero-order chi connectivity index (χ0) is 11.9. The van der Waals surface area contributed by atoms with Gasteiger partial charge in [-0.25, -0.2) is 0 Å². The van der Waals surface area contributed by atoms with Crippen LogP contribution in [0.25, 0.3) is 0 Å². The Kier molecular flexibility index (Phi) is 5.50. The van der Waals surface area contributed by atoms with Gasteiger partial charge in [0, 0.05) is 6.61 Å². The molecule has 0 aliphatic heterocycles. The van der Waals surface area contributed by atoms with Gasteiger partial charge in [0.2, 0.25) is 0 Å². The molecule has 0 unspecified atom stereocenters. The first-order valence-electron chi connectivity index (χ1n) is 5.98. The van der Waals surface area contributed by atoms with Crippen molar-refractivity contribution in [1.29, 1.82) is 0 Å². The fraction of sp³-hybridized carbons (Fsp3) is 0.429. The Balaban J connectivity index is 2.49. The Labute approximate surface area is 99.8 Å². The van der Waals surface area contributed by atoms with Crippen molar-refractivity contribution in [2.75, 3.05) is 6.61 Å². The first kappa shape index (κ1) is 13.2. The van der Waals surface area contributed by atoms with E-state index < -0.39 is 8.07 Å². The number of aliphatic hydroxyl groups excluding tert-OH is 1. The highest BCUT2D eigenvalue weighted by Crippen LogP contribution is 2.10. The summed E-state index contributed by atoms with van der Waals surface area (Å²) in [5.74, 6) is 0.